The van der Waals surface area contributed by atoms with Crippen LogP contribution in [-0.2, 0) is 11.2 Å². The van der Waals surface area contributed by atoms with E-state index in [1.165, 1.54) is 12.1 Å². The molecule has 1 rings (SSSR count). The highest BCUT2D eigenvalue weighted by atomic mass is 19.1. The van der Waals surface area contributed by atoms with Gasteiger partial charge in [0.15, 0.2) is 0 Å². The summed E-state index contributed by atoms with van der Waals surface area (Å²) in [5.74, 6) is -0.735. The van der Waals surface area contributed by atoms with Gasteiger partial charge in [0, 0.05) is 12.1 Å². The van der Waals surface area contributed by atoms with E-state index in [1.54, 1.807) is 6.92 Å². The third-order valence-corrected chi connectivity index (χ3v) is 2.75. The predicted octanol–water partition coefficient (Wildman–Crippen LogP) is 3.22. The fourth-order valence-electron chi connectivity index (χ4n) is 1.66. The zero-order valence-electron chi connectivity index (χ0n) is 12.1. The number of ether oxygens (including phenoxy) is 1. The molecule has 108 valence electrons. The minimum Gasteiger partial charge on any atom is -0.380 e. The second kappa shape index (κ2) is 6.96. The first-order chi connectivity index (χ1) is 8.79. The molecule has 0 bridgehead atoms. The number of aryl methyl sites for hydroxylation is 1. The van der Waals surface area contributed by atoms with Crippen LogP contribution in [-0.4, -0.2) is 25.3 Å². The van der Waals surface area contributed by atoms with E-state index in [0.29, 0.717) is 30.8 Å². The molecular weight excluding hydrogens is 248 g/mol. The monoisotopic (exact) mass is 271 g/mol. The van der Waals surface area contributed by atoms with E-state index < -0.39 is 0 Å². The number of nitrogens with one attached hydrogen (secondary N) is 1. The first-order valence-corrected chi connectivity index (χ1v) is 6.57. The second-order valence-corrected chi connectivity index (χ2v) is 5.73. The molecule has 0 spiro atoms. The van der Waals surface area contributed by atoms with Crippen LogP contribution in [0.15, 0.2) is 12.1 Å². The van der Waals surface area contributed by atoms with Crippen molar-refractivity contribution in [2.75, 3.05) is 19.8 Å². The second-order valence-electron chi connectivity index (χ2n) is 5.73. The summed E-state index contributed by atoms with van der Waals surface area (Å²) < 4.78 is 32.2. The van der Waals surface area contributed by atoms with Crippen molar-refractivity contribution in [2.24, 2.45) is 0 Å². The van der Waals surface area contributed by atoms with Gasteiger partial charge in [0.1, 0.15) is 11.6 Å². The fourth-order valence-corrected chi connectivity index (χ4v) is 1.66. The van der Waals surface area contributed by atoms with Crippen molar-refractivity contribution in [1.82, 2.24) is 5.32 Å². The lowest BCUT2D eigenvalue weighted by molar-refractivity contribution is 0.133. The fraction of sp³-hybridized carbons (Fsp3) is 0.600. The molecule has 0 saturated heterocycles. The maximum atomic E-state index is 13.5. The summed E-state index contributed by atoms with van der Waals surface area (Å²) in [4.78, 5) is 0. The Bertz CT molecular complexity index is 413. The average Bonchev–Trinajstić information content (AvgIpc) is 2.28. The molecule has 0 radical (unpaired) electrons. The van der Waals surface area contributed by atoms with Crippen molar-refractivity contribution in [2.45, 2.75) is 39.7 Å². The maximum absolute atomic E-state index is 13.5. The molecule has 0 unspecified atom stereocenters. The minimum atomic E-state index is -0.370. The van der Waals surface area contributed by atoms with Crippen LogP contribution in [0.5, 0.6) is 0 Å². The van der Waals surface area contributed by atoms with E-state index in [4.69, 9.17) is 4.74 Å². The molecule has 4 heteroatoms. The Hall–Kier alpha value is -1.00. The standard InChI is InChI=1S/C15H23F2NO/c1-11-9-14(17)12(10-13(11)16)5-7-19-8-6-18-15(2,3)4/h9-10,18H,5-8H2,1-4H3. The van der Waals surface area contributed by atoms with Gasteiger partial charge in [-0.2, -0.15) is 0 Å². The van der Waals surface area contributed by atoms with Crippen LogP contribution in [0, 0.1) is 18.6 Å². The SMILES string of the molecule is Cc1cc(F)c(CCOCCNC(C)(C)C)cc1F. The molecule has 0 aliphatic carbocycles. The smallest absolute Gasteiger partial charge is 0.126 e. The third kappa shape index (κ3) is 6.12. The quantitative estimate of drug-likeness (QED) is 0.802. The molecule has 1 aromatic rings. The van der Waals surface area contributed by atoms with Crippen molar-refractivity contribution in [1.29, 1.82) is 0 Å². The van der Waals surface area contributed by atoms with E-state index >= 15 is 0 Å². The van der Waals surface area contributed by atoms with Gasteiger partial charge in [-0.3, -0.25) is 0 Å². The molecule has 0 fully saturated rings. The lowest BCUT2D eigenvalue weighted by Crippen LogP contribution is -2.38. The number of rotatable bonds is 6. The molecule has 0 aliphatic rings. The molecule has 0 saturated carbocycles. The lowest BCUT2D eigenvalue weighted by Gasteiger charge is -2.20. The molecule has 0 heterocycles. The van der Waals surface area contributed by atoms with Gasteiger partial charge in [-0.15, -0.1) is 0 Å². The van der Waals surface area contributed by atoms with Crippen molar-refractivity contribution < 1.29 is 13.5 Å². The summed E-state index contributed by atoms with van der Waals surface area (Å²) in [7, 11) is 0. The Balaban J connectivity index is 2.28. The zero-order valence-corrected chi connectivity index (χ0v) is 12.1. The Morgan fingerprint density at radius 3 is 2.42 bits per heavy atom. The van der Waals surface area contributed by atoms with Crippen LogP contribution in [0.4, 0.5) is 8.78 Å². The highest BCUT2D eigenvalue weighted by Crippen LogP contribution is 2.14. The van der Waals surface area contributed by atoms with Gasteiger partial charge >= 0.3 is 0 Å². The van der Waals surface area contributed by atoms with Crippen LogP contribution >= 0.6 is 0 Å². The van der Waals surface area contributed by atoms with Crippen LogP contribution in [0.1, 0.15) is 31.9 Å². The van der Waals surface area contributed by atoms with Crippen molar-refractivity contribution in [3.05, 3.63) is 34.9 Å². The maximum Gasteiger partial charge on any atom is 0.126 e. The van der Waals surface area contributed by atoms with Crippen LogP contribution < -0.4 is 5.32 Å². The van der Waals surface area contributed by atoms with Crippen molar-refractivity contribution >= 4 is 0 Å². The number of hydrogen-bond acceptors (Lipinski definition) is 2. The number of benzene rings is 1. The Morgan fingerprint density at radius 2 is 1.79 bits per heavy atom. The highest BCUT2D eigenvalue weighted by molar-refractivity contribution is 5.25. The number of hydrogen-bond donors (Lipinski definition) is 1. The minimum absolute atomic E-state index is 0.0650. The summed E-state index contributed by atoms with van der Waals surface area (Å²) in [6, 6.07) is 2.48. The van der Waals surface area contributed by atoms with Crippen molar-refractivity contribution in [3.8, 4) is 0 Å². The largest absolute Gasteiger partial charge is 0.380 e. The predicted molar refractivity (Wildman–Crippen MR) is 73.4 cm³/mol. The van der Waals surface area contributed by atoms with E-state index in [0.717, 1.165) is 6.54 Å². The van der Waals surface area contributed by atoms with Crippen LogP contribution in [0.25, 0.3) is 0 Å². The first kappa shape index (κ1) is 16.1. The normalized spacial score (nSPS) is 11.9. The first-order valence-electron chi connectivity index (χ1n) is 6.57. The Morgan fingerprint density at radius 1 is 1.11 bits per heavy atom. The van der Waals surface area contributed by atoms with Gasteiger partial charge in [-0.25, -0.2) is 8.78 Å². The van der Waals surface area contributed by atoms with Gasteiger partial charge in [-0.05, 0) is 57.4 Å². The molecule has 0 aromatic heterocycles. The highest BCUT2D eigenvalue weighted by Gasteiger charge is 2.08. The zero-order chi connectivity index (χ0) is 14.5. The number of halogens is 2. The summed E-state index contributed by atoms with van der Waals surface area (Å²) in [5.41, 5.74) is 0.763. The van der Waals surface area contributed by atoms with Crippen LogP contribution in [0.3, 0.4) is 0 Å². The van der Waals surface area contributed by atoms with Crippen molar-refractivity contribution in [3.63, 3.8) is 0 Å². The molecule has 2 nitrogen and oxygen atoms in total. The van der Waals surface area contributed by atoms with Gasteiger partial charge in [-0.1, -0.05) is 0 Å². The molecule has 0 atom stereocenters. The van der Waals surface area contributed by atoms with Gasteiger partial charge in [0.05, 0.1) is 13.2 Å². The summed E-state index contributed by atoms with van der Waals surface area (Å²) in [6.45, 7) is 9.50. The van der Waals surface area contributed by atoms with E-state index in [-0.39, 0.29) is 17.2 Å². The molecule has 1 aromatic carbocycles. The molecular formula is C15H23F2NO. The molecule has 0 amide bonds. The van der Waals surface area contributed by atoms with Crippen LogP contribution in [0.2, 0.25) is 0 Å². The summed E-state index contributed by atoms with van der Waals surface area (Å²) >= 11 is 0. The molecule has 19 heavy (non-hydrogen) atoms. The summed E-state index contributed by atoms with van der Waals surface area (Å²) in [6.07, 6.45) is 0.387. The van der Waals surface area contributed by atoms with E-state index in [2.05, 4.69) is 26.1 Å². The topological polar surface area (TPSA) is 21.3 Å². The molecule has 0 aliphatic heterocycles. The lowest BCUT2D eigenvalue weighted by atomic mass is 10.1. The van der Waals surface area contributed by atoms with Gasteiger partial charge in [0.25, 0.3) is 0 Å². The third-order valence-electron chi connectivity index (χ3n) is 2.75. The van der Waals surface area contributed by atoms with Gasteiger partial charge in [0.2, 0.25) is 0 Å². The van der Waals surface area contributed by atoms with Gasteiger partial charge < -0.3 is 10.1 Å². The van der Waals surface area contributed by atoms with E-state index in [1.807, 2.05) is 0 Å². The van der Waals surface area contributed by atoms with E-state index in [9.17, 15) is 8.78 Å². The Kier molecular flexibility index (Phi) is 5.88. The average molecular weight is 271 g/mol. The summed E-state index contributed by atoms with van der Waals surface area (Å²) in [5, 5.41) is 3.29. The molecule has 1 N–H and O–H groups in total. The Labute approximate surface area is 114 Å².